The van der Waals surface area contributed by atoms with Crippen molar-refractivity contribution in [3.05, 3.63) is 30.1 Å². The molecular weight excluding hydrogens is 293 g/mol. The molecule has 1 aliphatic rings. The molecule has 0 bridgehead atoms. The molecule has 1 aliphatic carbocycles. The summed E-state index contributed by atoms with van der Waals surface area (Å²) >= 11 is 0. The van der Waals surface area contributed by atoms with Gasteiger partial charge in [-0.05, 0) is 24.5 Å². The average molecular weight is 317 g/mol. The number of amides is 1. The van der Waals surface area contributed by atoms with E-state index in [-0.39, 0.29) is 18.3 Å². The smallest absolute Gasteiger partial charge is 0.220 e. The lowest BCUT2D eigenvalue weighted by atomic mass is 9.86. The maximum Gasteiger partial charge on any atom is 0.220 e. The minimum Gasteiger partial charge on any atom is -0.478 e. The highest BCUT2D eigenvalue weighted by Gasteiger charge is 2.14. The van der Waals surface area contributed by atoms with Crippen LogP contribution in [0.2, 0.25) is 0 Å². The fourth-order valence-corrected chi connectivity index (χ4v) is 2.83. The van der Waals surface area contributed by atoms with E-state index >= 15 is 0 Å². The van der Waals surface area contributed by atoms with Gasteiger partial charge in [-0.2, -0.15) is 0 Å². The van der Waals surface area contributed by atoms with Crippen molar-refractivity contribution in [2.75, 3.05) is 13.2 Å². The summed E-state index contributed by atoms with van der Waals surface area (Å²) in [6.07, 6.45) is 8.04. The fraction of sp³-hybridized carbons (Fsp3) is 0.526. The number of hydrogen-bond acceptors (Lipinski definition) is 2. The summed E-state index contributed by atoms with van der Waals surface area (Å²) in [4.78, 5) is 11.7. The van der Waals surface area contributed by atoms with Crippen molar-refractivity contribution in [1.29, 1.82) is 0 Å². The van der Waals surface area contributed by atoms with Crippen LogP contribution in [0.15, 0.2) is 24.3 Å². The van der Waals surface area contributed by atoms with Crippen molar-refractivity contribution < 1.29 is 13.9 Å². The van der Waals surface area contributed by atoms with E-state index < -0.39 is 5.82 Å². The first kappa shape index (κ1) is 17.3. The zero-order valence-corrected chi connectivity index (χ0v) is 13.4. The second-order valence-electron chi connectivity index (χ2n) is 5.89. The van der Waals surface area contributed by atoms with Crippen LogP contribution in [0.3, 0.4) is 0 Å². The molecule has 4 heteroatoms. The molecule has 0 aliphatic heterocycles. The second kappa shape index (κ2) is 9.89. The van der Waals surface area contributed by atoms with Gasteiger partial charge in [0.1, 0.15) is 6.61 Å². The van der Waals surface area contributed by atoms with Gasteiger partial charge in [-0.15, -0.1) is 0 Å². The number of benzene rings is 1. The van der Waals surface area contributed by atoms with Gasteiger partial charge in [-0.3, -0.25) is 4.79 Å². The highest BCUT2D eigenvalue weighted by Crippen LogP contribution is 2.27. The standard InChI is InChI=1S/C19H24FNO2/c20-17-10-4-5-11-18(17)23-15-7-6-14-21-19(22)13-12-16-8-2-1-3-9-16/h4-5,10-11,16H,1-3,8-9,12-15H2,(H,21,22). The van der Waals surface area contributed by atoms with E-state index in [9.17, 15) is 9.18 Å². The van der Waals surface area contributed by atoms with Gasteiger partial charge in [-0.25, -0.2) is 4.39 Å². The Morgan fingerprint density at radius 1 is 1.22 bits per heavy atom. The molecule has 1 aromatic rings. The third-order valence-electron chi connectivity index (χ3n) is 4.14. The Morgan fingerprint density at radius 3 is 2.78 bits per heavy atom. The van der Waals surface area contributed by atoms with Crippen LogP contribution in [0.4, 0.5) is 4.39 Å². The third kappa shape index (κ3) is 6.73. The summed E-state index contributed by atoms with van der Waals surface area (Å²) in [5.41, 5.74) is 0. The first-order valence-electron chi connectivity index (χ1n) is 8.35. The van der Waals surface area contributed by atoms with E-state index in [0.29, 0.717) is 13.0 Å². The summed E-state index contributed by atoms with van der Waals surface area (Å²) in [5, 5.41) is 2.79. The third-order valence-corrected chi connectivity index (χ3v) is 4.14. The molecule has 0 atom stereocenters. The molecule has 0 heterocycles. The molecule has 0 unspecified atom stereocenters. The summed E-state index contributed by atoms with van der Waals surface area (Å²) in [5.74, 6) is 6.15. The Morgan fingerprint density at radius 2 is 2.00 bits per heavy atom. The second-order valence-corrected chi connectivity index (χ2v) is 5.89. The van der Waals surface area contributed by atoms with Crippen LogP contribution in [0.5, 0.6) is 5.75 Å². The van der Waals surface area contributed by atoms with E-state index in [1.807, 2.05) is 0 Å². The summed E-state index contributed by atoms with van der Waals surface area (Å²) in [6, 6.07) is 6.22. The van der Waals surface area contributed by atoms with E-state index in [1.54, 1.807) is 18.2 Å². The topological polar surface area (TPSA) is 38.3 Å². The predicted octanol–water partition coefficient (Wildman–Crippen LogP) is 3.68. The molecule has 1 saturated carbocycles. The van der Waals surface area contributed by atoms with Crippen LogP contribution in [0.25, 0.3) is 0 Å². The monoisotopic (exact) mass is 317 g/mol. The summed E-state index contributed by atoms with van der Waals surface area (Å²) in [7, 11) is 0. The van der Waals surface area contributed by atoms with Crippen molar-refractivity contribution >= 4 is 5.91 Å². The number of carbonyl (C=O) groups is 1. The van der Waals surface area contributed by atoms with Crippen LogP contribution in [-0.4, -0.2) is 19.1 Å². The molecule has 1 fully saturated rings. The van der Waals surface area contributed by atoms with Gasteiger partial charge >= 0.3 is 0 Å². The number of hydrogen-bond donors (Lipinski definition) is 1. The van der Waals surface area contributed by atoms with Crippen LogP contribution < -0.4 is 10.1 Å². The molecule has 0 aromatic heterocycles. The van der Waals surface area contributed by atoms with Crippen molar-refractivity contribution in [3.8, 4) is 17.6 Å². The van der Waals surface area contributed by atoms with Crippen LogP contribution in [-0.2, 0) is 4.79 Å². The van der Waals surface area contributed by atoms with Crippen molar-refractivity contribution in [3.63, 3.8) is 0 Å². The molecule has 124 valence electrons. The Kier molecular flexibility index (Phi) is 7.45. The zero-order valence-electron chi connectivity index (χ0n) is 13.4. The van der Waals surface area contributed by atoms with E-state index in [1.165, 1.54) is 38.2 Å². The van der Waals surface area contributed by atoms with Gasteiger partial charge in [0.2, 0.25) is 5.91 Å². The molecule has 1 aromatic carbocycles. The largest absolute Gasteiger partial charge is 0.478 e. The van der Waals surface area contributed by atoms with Gasteiger partial charge in [0, 0.05) is 6.42 Å². The lowest BCUT2D eigenvalue weighted by molar-refractivity contribution is -0.121. The molecule has 23 heavy (non-hydrogen) atoms. The Balaban J connectivity index is 1.56. The first-order valence-corrected chi connectivity index (χ1v) is 8.35. The van der Waals surface area contributed by atoms with Gasteiger partial charge in [0.25, 0.3) is 0 Å². The highest BCUT2D eigenvalue weighted by molar-refractivity contribution is 5.76. The fourth-order valence-electron chi connectivity index (χ4n) is 2.83. The molecule has 0 radical (unpaired) electrons. The van der Waals surface area contributed by atoms with Crippen LogP contribution in [0, 0.1) is 23.6 Å². The predicted molar refractivity (Wildman–Crippen MR) is 88.5 cm³/mol. The summed E-state index contributed by atoms with van der Waals surface area (Å²) in [6.45, 7) is 0.420. The average Bonchev–Trinajstić information content (AvgIpc) is 2.58. The molecule has 1 amide bonds. The molecule has 0 saturated heterocycles. The molecule has 2 rings (SSSR count). The Hall–Kier alpha value is -2.02. The molecule has 1 N–H and O–H groups in total. The van der Waals surface area contributed by atoms with Crippen molar-refractivity contribution in [2.45, 2.75) is 44.9 Å². The normalized spacial score (nSPS) is 14.7. The van der Waals surface area contributed by atoms with Crippen LogP contribution >= 0.6 is 0 Å². The van der Waals surface area contributed by atoms with E-state index in [2.05, 4.69) is 17.2 Å². The summed E-state index contributed by atoms with van der Waals surface area (Å²) < 4.78 is 18.5. The maximum atomic E-state index is 13.3. The molecular formula is C19H24FNO2. The quantitative estimate of drug-likeness (QED) is 0.813. The first-order chi connectivity index (χ1) is 11.3. The van der Waals surface area contributed by atoms with Gasteiger partial charge < -0.3 is 10.1 Å². The van der Waals surface area contributed by atoms with Gasteiger partial charge in [0.15, 0.2) is 11.6 Å². The lowest BCUT2D eigenvalue weighted by Gasteiger charge is -2.20. The van der Waals surface area contributed by atoms with Gasteiger partial charge in [0.05, 0.1) is 6.54 Å². The zero-order chi connectivity index (χ0) is 16.3. The Bertz CT molecular complexity index is 556. The number of nitrogens with one attached hydrogen (secondary N) is 1. The minimum atomic E-state index is -0.398. The number of carbonyl (C=O) groups excluding carboxylic acids is 1. The SMILES string of the molecule is O=C(CCC1CCCCC1)NCC#CCOc1ccccc1F. The lowest BCUT2D eigenvalue weighted by Crippen LogP contribution is -2.24. The number of ether oxygens (including phenoxy) is 1. The highest BCUT2D eigenvalue weighted by atomic mass is 19.1. The molecule has 0 spiro atoms. The van der Waals surface area contributed by atoms with Crippen molar-refractivity contribution in [1.82, 2.24) is 5.32 Å². The number of halogens is 1. The Labute approximate surface area is 137 Å². The maximum absolute atomic E-state index is 13.3. The molecule has 3 nitrogen and oxygen atoms in total. The van der Waals surface area contributed by atoms with Gasteiger partial charge in [-0.1, -0.05) is 56.1 Å². The van der Waals surface area contributed by atoms with E-state index in [4.69, 9.17) is 4.74 Å². The van der Waals surface area contributed by atoms with Crippen molar-refractivity contribution in [2.24, 2.45) is 5.92 Å². The van der Waals surface area contributed by atoms with E-state index in [0.717, 1.165) is 12.3 Å². The van der Waals surface area contributed by atoms with Crippen LogP contribution in [0.1, 0.15) is 44.9 Å². The number of rotatable bonds is 6. The number of para-hydroxylation sites is 1. The minimum absolute atomic E-state index is 0.0555.